The maximum Gasteiger partial charge on any atom is 0.227 e. The standard InChI is InChI=1S/C25H25Cl2NO2/c1-18-3-5-20(6-4-18)17-28(14-13-21-9-10-22(26)16-24(21)27)25(29)15-19-7-11-23(30-2)12-8-19/h3-12,16H,13-15,17H2,1-2H3. The summed E-state index contributed by atoms with van der Waals surface area (Å²) in [5.74, 6) is 0.853. The Balaban J connectivity index is 1.74. The Morgan fingerprint density at radius 3 is 2.23 bits per heavy atom. The topological polar surface area (TPSA) is 29.5 Å². The number of hydrogen-bond donors (Lipinski definition) is 0. The summed E-state index contributed by atoms with van der Waals surface area (Å²) >= 11 is 12.3. The average Bonchev–Trinajstić information content (AvgIpc) is 2.74. The van der Waals surface area contributed by atoms with Crippen molar-refractivity contribution < 1.29 is 9.53 Å². The molecule has 0 bridgehead atoms. The van der Waals surface area contributed by atoms with Crippen LogP contribution < -0.4 is 4.74 Å². The van der Waals surface area contributed by atoms with E-state index in [1.807, 2.05) is 41.3 Å². The smallest absolute Gasteiger partial charge is 0.227 e. The summed E-state index contributed by atoms with van der Waals surface area (Å²) in [5, 5.41) is 1.23. The Hall–Kier alpha value is -2.49. The molecule has 5 heteroatoms. The lowest BCUT2D eigenvalue weighted by molar-refractivity contribution is -0.131. The lowest BCUT2D eigenvalue weighted by atomic mass is 10.1. The van der Waals surface area contributed by atoms with Crippen LogP contribution in [-0.2, 0) is 24.2 Å². The lowest BCUT2D eigenvalue weighted by Gasteiger charge is -2.24. The zero-order valence-corrected chi connectivity index (χ0v) is 18.7. The van der Waals surface area contributed by atoms with Crippen LogP contribution in [0.3, 0.4) is 0 Å². The van der Waals surface area contributed by atoms with Crippen LogP contribution in [0.2, 0.25) is 10.0 Å². The van der Waals surface area contributed by atoms with Crippen LogP contribution >= 0.6 is 23.2 Å². The van der Waals surface area contributed by atoms with Crippen LogP contribution in [0.5, 0.6) is 5.75 Å². The van der Waals surface area contributed by atoms with Crippen molar-refractivity contribution in [3.05, 3.63) is 99.0 Å². The van der Waals surface area contributed by atoms with Crippen LogP contribution in [-0.4, -0.2) is 24.5 Å². The fourth-order valence-corrected chi connectivity index (χ4v) is 3.72. The molecule has 0 aliphatic carbocycles. The predicted octanol–water partition coefficient (Wildman–Crippen LogP) is 6.12. The number of carbonyl (C=O) groups excluding carboxylic acids is 1. The molecule has 0 atom stereocenters. The van der Waals surface area contributed by atoms with Gasteiger partial charge in [-0.2, -0.15) is 0 Å². The molecule has 0 radical (unpaired) electrons. The first-order chi connectivity index (χ1) is 14.4. The van der Waals surface area contributed by atoms with Crippen molar-refractivity contribution in [1.82, 2.24) is 4.90 Å². The van der Waals surface area contributed by atoms with E-state index in [0.29, 0.717) is 36.0 Å². The van der Waals surface area contributed by atoms with Crippen LogP contribution in [0.1, 0.15) is 22.3 Å². The van der Waals surface area contributed by atoms with Gasteiger partial charge in [-0.3, -0.25) is 4.79 Å². The van der Waals surface area contributed by atoms with E-state index in [0.717, 1.165) is 22.4 Å². The van der Waals surface area contributed by atoms with E-state index in [2.05, 4.69) is 31.2 Å². The number of rotatable bonds is 8. The van der Waals surface area contributed by atoms with Gasteiger partial charge in [-0.1, -0.05) is 71.2 Å². The largest absolute Gasteiger partial charge is 0.497 e. The van der Waals surface area contributed by atoms with Gasteiger partial charge < -0.3 is 9.64 Å². The van der Waals surface area contributed by atoms with Crippen molar-refractivity contribution in [1.29, 1.82) is 0 Å². The third kappa shape index (κ3) is 6.25. The fraction of sp³-hybridized carbons (Fsp3) is 0.240. The van der Waals surface area contributed by atoms with E-state index in [4.69, 9.17) is 27.9 Å². The summed E-state index contributed by atoms with van der Waals surface area (Å²) in [6.07, 6.45) is 1.00. The summed E-state index contributed by atoms with van der Waals surface area (Å²) in [4.78, 5) is 15.0. The molecule has 156 valence electrons. The first-order valence-corrected chi connectivity index (χ1v) is 10.6. The molecule has 0 fully saturated rings. The predicted molar refractivity (Wildman–Crippen MR) is 123 cm³/mol. The van der Waals surface area contributed by atoms with Crippen LogP contribution in [0.25, 0.3) is 0 Å². The maximum atomic E-state index is 13.1. The molecule has 3 aromatic carbocycles. The van der Waals surface area contributed by atoms with Gasteiger partial charge in [-0.15, -0.1) is 0 Å². The third-order valence-electron chi connectivity index (χ3n) is 5.03. The molecule has 0 heterocycles. The highest BCUT2D eigenvalue weighted by Gasteiger charge is 2.16. The van der Waals surface area contributed by atoms with Gasteiger partial charge in [0.15, 0.2) is 0 Å². The average molecular weight is 442 g/mol. The van der Waals surface area contributed by atoms with Crippen molar-refractivity contribution in [3.8, 4) is 5.75 Å². The summed E-state index contributed by atoms with van der Waals surface area (Å²) in [6.45, 7) is 3.18. The molecular weight excluding hydrogens is 417 g/mol. The number of benzene rings is 3. The van der Waals surface area contributed by atoms with Gasteiger partial charge >= 0.3 is 0 Å². The molecule has 30 heavy (non-hydrogen) atoms. The number of hydrogen-bond acceptors (Lipinski definition) is 2. The molecule has 3 rings (SSSR count). The van der Waals surface area contributed by atoms with Gasteiger partial charge in [-0.25, -0.2) is 0 Å². The van der Waals surface area contributed by atoms with E-state index < -0.39 is 0 Å². The monoisotopic (exact) mass is 441 g/mol. The van der Waals surface area contributed by atoms with Gasteiger partial charge in [0, 0.05) is 23.1 Å². The molecule has 0 saturated carbocycles. The molecule has 0 saturated heterocycles. The van der Waals surface area contributed by atoms with Crippen LogP contribution in [0, 0.1) is 6.92 Å². The minimum absolute atomic E-state index is 0.0748. The summed E-state index contributed by atoms with van der Waals surface area (Å²) in [6, 6.07) is 21.4. The number of carbonyl (C=O) groups is 1. The second-order valence-corrected chi connectivity index (χ2v) is 8.16. The fourth-order valence-electron chi connectivity index (χ4n) is 3.22. The van der Waals surface area contributed by atoms with Crippen LogP contribution in [0.15, 0.2) is 66.7 Å². The number of nitrogens with zero attached hydrogens (tertiary/aromatic N) is 1. The van der Waals surface area contributed by atoms with E-state index in [9.17, 15) is 4.79 Å². The van der Waals surface area contributed by atoms with E-state index in [-0.39, 0.29) is 5.91 Å². The number of amides is 1. The first kappa shape index (κ1) is 22.2. The van der Waals surface area contributed by atoms with Gasteiger partial charge in [0.05, 0.1) is 13.5 Å². The Morgan fingerprint density at radius 1 is 0.933 bits per heavy atom. The maximum absolute atomic E-state index is 13.1. The Kier molecular flexibility index (Phi) is 7.78. The summed E-state index contributed by atoms with van der Waals surface area (Å²) in [5.41, 5.74) is 4.24. The SMILES string of the molecule is COc1ccc(CC(=O)N(CCc2ccc(Cl)cc2Cl)Cc2ccc(C)cc2)cc1. The molecule has 0 aliphatic heterocycles. The second kappa shape index (κ2) is 10.5. The van der Waals surface area contributed by atoms with E-state index in [1.165, 1.54) is 5.56 Å². The van der Waals surface area contributed by atoms with Crippen molar-refractivity contribution in [2.24, 2.45) is 0 Å². The molecule has 3 nitrogen and oxygen atoms in total. The Morgan fingerprint density at radius 2 is 1.60 bits per heavy atom. The van der Waals surface area contributed by atoms with Crippen LogP contribution in [0.4, 0.5) is 0 Å². The number of ether oxygens (including phenoxy) is 1. The summed E-state index contributed by atoms with van der Waals surface area (Å²) in [7, 11) is 1.63. The molecule has 1 amide bonds. The highest BCUT2D eigenvalue weighted by molar-refractivity contribution is 6.35. The van der Waals surface area contributed by atoms with Gasteiger partial charge in [0.2, 0.25) is 5.91 Å². The minimum Gasteiger partial charge on any atom is -0.497 e. The normalized spacial score (nSPS) is 10.7. The Labute approximate surface area is 188 Å². The molecule has 0 unspecified atom stereocenters. The van der Waals surface area contributed by atoms with Crippen molar-refractivity contribution >= 4 is 29.1 Å². The molecule has 0 N–H and O–H groups in total. The number of aryl methyl sites for hydroxylation is 1. The lowest BCUT2D eigenvalue weighted by Crippen LogP contribution is -2.33. The van der Waals surface area contributed by atoms with Crippen molar-refractivity contribution in [2.45, 2.75) is 26.3 Å². The van der Waals surface area contributed by atoms with Crippen molar-refractivity contribution in [3.63, 3.8) is 0 Å². The minimum atomic E-state index is 0.0748. The quantitative estimate of drug-likeness (QED) is 0.420. The number of halogens is 2. The first-order valence-electron chi connectivity index (χ1n) is 9.85. The zero-order valence-electron chi connectivity index (χ0n) is 17.2. The third-order valence-corrected chi connectivity index (χ3v) is 5.61. The number of methoxy groups -OCH3 is 1. The summed E-state index contributed by atoms with van der Waals surface area (Å²) < 4.78 is 5.20. The molecular formula is C25H25Cl2NO2. The molecule has 0 aliphatic rings. The van der Waals surface area contributed by atoms with E-state index >= 15 is 0 Å². The molecule has 0 spiro atoms. The second-order valence-electron chi connectivity index (χ2n) is 7.31. The van der Waals surface area contributed by atoms with E-state index in [1.54, 1.807) is 13.2 Å². The highest BCUT2D eigenvalue weighted by Crippen LogP contribution is 2.22. The highest BCUT2D eigenvalue weighted by atomic mass is 35.5. The molecule has 0 aromatic heterocycles. The zero-order chi connectivity index (χ0) is 21.5. The molecule has 3 aromatic rings. The van der Waals surface area contributed by atoms with Gasteiger partial charge in [-0.05, 0) is 54.3 Å². The van der Waals surface area contributed by atoms with Crippen molar-refractivity contribution in [2.75, 3.05) is 13.7 Å². The van der Waals surface area contributed by atoms with Gasteiger partial charge in [0.1, 0.15) is 5.75 Å². The van der Waals surface area contributed by atoms with Gasteiger partial charge in [0.25, 0.3) is 0 Å². The Bertz CT molecular complexity index is 985.